The van der Waals surface area contributed by atoms with E-state index in [-0.39, 0.29) is 5.78 Å². The van der Waals surface area contributed by atoms with Gasteiger partial charge in [-0.2, -0.15) is 0 Å². The van der Waals surface area contributed by atoms with Crippen LogP contribution in [0.4, 0.5) is 0 Å². The molecule has 1 aliphatic carbocycles. The number of ketones is 1. The first-order chi connectivity index (χ1) is 9.63. The summed E-state index contributed by atoms with van der Waals surface area (Å²) >= 11 is 1.64. The van der Waals surface area contributed by atoms with Crippen molar-refractivity contribution in [3.05, 3.63) is 15.6 Å². The largest absolute Gasteiger partial charge is 0.303 e. The number of carbonyl (C=O) groups excluding carboxylic acids is 1. The molecule has 1 saturated heterocycles. The van der Waals surface area contributed by atoms with Crippen molar-refractivity contribution in [1.82, 2.24) is 9.88 Å². The molecule has 4 heteroatoms. The number of thiazole rings is 1. The minimum Gasteiger partial charge on any atom is -0.303 e. The maximum atomic E-state index is 11.7. The number of piperidine rings is 1. The minimum atomic E-state index is 0.197. The van der Waals surface area contributed by atoms with Crippen LogP contribution in [0.25, 0.3) is 0 Å². The van der Waals surface area contributed by atoms with Gasteiger partial charge in [0.1, 0.15) is 0 Å². The van der Waals surface area contributed by atoms with Gasteiger partial charge in [0.25, 0.3) is 0 Å². The zero-order valence-corrected chi connectivity index (χ0v) is 13.3. The highest BCUT2D eigenvalue weighted by Crippen LogP contribution is 2.42. The van der Waals surface area contributed by atoms with Gasteiger partial charge in [0, 0.05) is 32.4 Å². The molecular weight excluding hydrogens is 268 g/mol. The molecule has 1 saturated carbocycles. The van der Waals surface area contributed by atoms with Gasteiger partial charge < -0.3 is 4.90 Å². The molecule has 1 aliphatic heterocycles. The Balaban J connectivity index is 1.62. The lowest BCUT2D eigenvalue weighted by Crippen LogP contribution is -2.35. The predicted octanol–water partition coefficient (Wildman–Crippen LogP) is 3.50. The molecule has 0 N–H and O–H groups in total. The van der Waals surface area contributed by atoms with Crippen molar-refractivity contribution in [3.8, 4) is 0 Å². The molecule has 1 aromatic rings. The van der Waals surface area contributed by atoms with E-state index in [1.807, 2.05) is 0 Å². The van der Waals surface area contributed by atoms with Crippen LogP contribution >= 0.6 is 11.3 Å². The number of rotatable bonds is 5. The summed E-state index contributed by atoms with van der Waals surface area (Å²) in [6.45, 7) is 7.56. The number of likely N-dealkylation sites (tertiary alicyclic amines) is 1. The van der Waals surface area contributed by atoms with E-state index < -0.39 is 0 Å². The molecule has 110 valence electrons. The molecule has 0 amide bonds. The van der Waals surface area contributed by atoms with Crippen molar-refractivity contribution >= 4 is 17.1 Å². The molecule has 1 unspecified atom stereocenters. The molecule has 2 aliphatic rings. The number of aromatic nitrogens is 1. The smallest absolute Gasteiger partial charge is 0.171 e. The maximum absolute atomic E-state index is 11.7. The van der Waals surface area contributed by atoms with Crippen LogP contribution in [0.2, 0.25) is 0 Å². The number of hydrogen-bond donors (Lipinski definition) is 0. The van der Waals surface area contributed by atoms with Gasteiger partial charge >= 0.3 is 0 Å². The van der Waals surface area contributed by atoms with Gasteiger partial charge in [0.15, 0.2) is 5.78 Å². The Labute approximate surface area is 125 Å². The van der Waals surface area contributed by atoms with Crippen molar-refractivity contribution in [1.29, 1.82) is 0 Å². The molecule has 2 fully saturated rings. The molecule has 2 heterocycles. The van der Waals surface area contributed by atoms with Gasteiger partial charge in [-0.1, -0.05) is 6.92 Å². The summed E-state index contributed by atoms with van der Waals surface area (Å²) in [4.78, 5) is 20.0. The zero-order chi connectivity index (χ0) is 14.1. The average Bonchev–Trinajstić information content (AvgIpc) is 3.16. The lowest BCUT2D eigenvalue weighted by atomic mass is 10.0. The van der Waals surface area contributed by atoms with Crippen molar-refractivity contribution < 1.29 is 4.79 Å². The first kappa shape index (κ1) is 14.2. The van der Waals surface area contributed by atoms with E-state index in [1.165, 1.54) is 38.8 Å². The van der Waals surface area contributed by atoms with Gasteiger partial charge in [-0.25, -0.2) is 4.98 Å². The van der Waals surface area contributed by atoms with Gasteiger partial charge in [-0.05, 0) is 38.1 Å². The van der Waals surface area contributed by atoms with Crippen LogP contribution in [0.1, 0.15) is 65.8 Å². The minimum absolute atomic E-state index is 0.197. The first-order valence-corrected chi connectivity index (χ1v) is 8.68. The van der Waals surface area contributed by atoms with Crippen LogP contribution in [0.15, 0.2) is 0 Å². The summed E-state index contributed by atoms with van der Waals surface area (Å²) in [5, 5.41) is 1.16. The maximum Gasteiger partial charge on any atom is 0.171 e. The second-order valence-electron chi connectivity index (χ2n) is 6.45. The second-order valence-corrected chi connectivity index (χ2v) is 7.53. The van der Waals surface area contributed by atoms with Crippen LogP contribution < -0.4 is 0 Å². The van der Waals surface area contributed by atoms with E-state index in [0.29, 0.717) is 5.92 Å². The van der Waals surface area contributed by atoms with Crippen LogP contribution in [0.5, 0.6) is 0 Å². The van der Waals surface area contributed by atoms with Crippen molar-refractivity contribution in [3.63, 3.8) is 0 Å². The SMILES string of the molecule is CC(=O)c1sc(CCN2CCCC(C)C2)nc1C1CC1. The van der Waals surface area contributed by atoms with E-state index in [0.717, 1.165) is 34.5 Å². The fraction of sp³-hybridized carbons (Fsp3) is 0.750. The van der Waals surface area contributed by atoms with Crippen LogP contribution in [0.3, 0.4) is 0 Å². The van der Waals surface area contributed by atoms with E-state index >= 15 is 0 Å². The Hall–Kier alpha value is -0.740. The molecule has 0 aromatic carbocycles. The third kappa shape index (κ3) is 3.29. The molecule has 20 heavy (non-hydrogen) atoms. The third-order valence-electron chi connectivity index (χ3n) is 4.36. The van der Waals surface area contributed by atoms with Crippen LogP contribution in [-0.4, -0.2) is 35.3 Å². The van der Waals surface area contributed by atoms with Gasteiger partial charge in [-0.3, -0.25) is 4.79 Å². The Bertz CT molecular complexity index is 493. The normalized spacial score (nSPS) is 24.0. The first-order valence-electron chi connectivity index (χ1n) is 7.86. The fourth-order valence-corrected chi connectivity index (χ4v) is 4.15. The highest BCUT2D eigenvalue weighted by atomic mass is 32.1. The molecule has 1 atom stereocenters. The third-order valence-corrected chi connectivity index (χ3v) is 5.60. The zero-order valence-electron chi connectivity index (χ0n) is 12.5. The van der Waals surface area contributed by atoms with Gasteiger partial charge in [0.05, 0.1) is 15.6 Å². The highest BCUT2D eigenvalue weighted by molar-refractivity contribution is 7.13. The number of carbonyl (C=O) groups is 1. The molecule has 0 spiro atoms. The van der Waals surface area contributed by atoms with Crippen LogP contribution in [-0.2, 0) is 6.42 Å². The molecule has 1 aromatic heterocycles. The molecule has 3 nitrogen and oxygen atoms in total. The summed E-state index contributed by atoms with van der Waals surface area (Å²) in [6, 6.07) is 0. The number of nitrogens with zero attached hydrogens (tertiary/aromatic N) is 2. The van der Waals surface area contributed by atoms with Crippen molar-refractivity contribution in [2.75, 3.05) is 19.6 Å². The number of hydrogen-bond acceptors (Lipinski definition) is 4. The Morgan fingerprint density at radius 1 is 1.40 bits per heavy atom. The molecule has 0 bridgehead atoms. The van der Waals surface area contributed by atoms with Crippen LogP contribution in [0, 0.1) is 5.92 Å². The average molecular weight is 292 g/mol. The lowest BCUT2D eigenvalue weighted by molar-refractivity contribution is 0.102. The monoisotopic (exact) mass is 292 g/mol. The second kappa shape index (κ2) is 5.94. The molecular formula is C16H24N2OS. The Morgan fingerprint density at radius 2 is 2.20 bits per heavy atom. The van der Waals surface area contributed by atoms with E-state index in [1.54, 1.807) is 18.3 Å². The standard InChI is InChI=1S/C16H24N2OS/c1-11-4-3-8-18(10-11)9-7-14-17-15(13-5-6-13)16(20-14)12(2)19/h11,13H,3-10H2,1-2H3. The van der Waals surface area contributed by atoms with Gasteiger partial charge in [-0.15, -0.1) is 11.3 Å². The highest BCUT2D eigenvalue weighted by Gasteiger charge is 2.31. The Kier molecular flexibility index (Phi) is 4.22. The molecule has 3 rings (SSSR count). The summed E-state index contributed by atoms with van der Waals surface area (Å²) in [5.41, 5.74) is 1.10. The summed E-state index contributed by atoms with van der Waals surface area (Å²) in [7, 11) is 0. The van der Waals surface area contributed by atoms with Gasteiger partial charge in [0.2, 0.25) is 0 Å². The molecule has 0 radical (unpaired) electrons. The van der Waals surface area contributed by atoms with E-state index in [9.17, 15) is 4.79 Å². The quantitative estimate of drug-likeness (QED) is 0.779. The summed E-state index contributed by atoms with van der Waals surface area (Å²) < 4.78 is 0. The fourth-order valence-electron chi connectivity index (χ4n) is 3.11. The van der Waals surface area contributed by atoms with Crippen molar-refractivity contribution in [2.45, 2.75) is 51.9 Å². The topological polar surface area (TPSA) is 33.2 Å². The lowest BCUT2D eigenvalue weighted by Gasteiger charge is -2.30. The van der Waals surface area contributed by atoms with E-state index in [2.05, 4.69) is 11.8 Å². The summed E-state index contributed by atoms with van der Waals surface area (Å²) in [5.74, 6) is 1.60. The number of Topliss-reactive ketones (excluding diaryl/α,β-unsaturated/α-hetero) is 1. The predicted molar refractivity (Wildman–Crippen MR) is 82.6 cm³/mol. The Morgan fingerprint density at radius 3 is 2.85 bits per heavy atom. The van der Waals surface area contributed by atoms with Crippen molar-refractivity contribution in [2.24, 2.45) is 5.92 Å². The summed E-state index contributed by atoms with van der Waals surface area (Å²) in [6.07, 6.45) is 6.13. The van der Waals surface area contributed by atoms with E-state index in [4.69, 9.17) is 4.98 Å².